The molecule has 7 heteroatoms. The standard InChI is InChI=1S/C23H20FN3O2Si/c1-3-29-23(28)22-20-13-25-21(16-6-4-5-7-18(16)24)17-12-15(10-11-30-2)8-9-19(17)27(20)14-26-22/h4-9,12,14H,3,13,30H2,1-2H3. The monoisotopic (exact) mass is 417 g/mol. The van der Waals surface area contributed by atoms with Crippen molar-refractivity contribution in [3.63, 3.8) is 0 Å². The highest BCUT2D eigenvalue weighted by atomic mass is 28.2. The number of hydrogen-bond acceptors (Lipinski definition) is 4. The molecule has 5 nitrogen and oxygen atoms in total. The maximum absolute atomic E-state index is 14.7. The van der Waals surface area contributed by atoms with Gasteiger partial charge in [0.1, 0.15) is 21.7 Å². The second kappa shape index (κ2) is 8.47. The van der Waals surface area contributed by atoms with E-state index in [1.807, 2.05) is 22.8 Å². The molecule has 30 heavy (non-hydrogen) atoms. The number of carbonyl (C=O) groups excluding carboxylic acids is 1. The van der Waals surface area contributed by atoms with Gasteiger partial charge >= 0.3 is 5.97 Å². The Bertz CT molecular complexity index is 1220. The van der Waals surface area contributed by atoms with Gasteiger partial charge in [0.25, 0.3) is 0 Å². The van der Waals surface area contributed by atoms with Gasteiger partial charge in [0.15, 0.2) is 5.69 Å². The molecule has 0 N–H and O–H groups in total. The van der Waals surface area contributed by atoms with Gasteiger partial charge in [-0.3, -0.25) is 9.56 Å². The Balaban J connectivity index is 1.94. The summed E-state index contributed by atoms with van der Waals surface area (Å²) in [6, 6.07) is 12.3. The lowest BCUT2D eigenvalue weighted by Crippen LogP contribution is -2.10. The topological polar surface area (TPSA) is 56.5 Å². The number of aliphatic imine (C=N–C) groups is 1. The van der Waals surface area contributed by atoms with Gasteiger partial charge in [0.05, 0.1) is 30.2 Å². The van der Waals surface area contributed by atoms with Crippen LogP contribution in [0, 0.1) is 17.3 Å². The number of imidazole rings is 1. The van der Waals surface area contributed by atoms with Crippen LogP contribution >= 0.6 is 0 Å². The van der Waals surface area contributed by atoms with E-state index in [0.29, 0.717) is 17.0 Å². The third kappa shape index (κ3) is 3.58. The molecule has 2 aromatic carbocycles. The zero-order valence-corrected chi connectivity index (χ0v) is 18.2. The molecular formula is C23H20FN3O2Si. The third-order valence-corrected chi connectivity index (χ3v) is 5.30. The second-order valence-electron chi connectivity index (χ2n) is 6.66. The molecule has 0 bridgehead atoms. The average Bonchev–Trinajstić information content (AvgIpc) is 3.11. The van der Waals surface area contributed by atoms with Crippen molar-refractivity contribution in [2.75, 3.05) is 6.61 Å². The first-order chi connectivity index (χ1) is 14.6. The van der Waals surface area contributed by atoms with Gasteiger partial charge in [-0.1, -0.05) is 24.6 Å². The molecule has 0 saturated heterocycles. The average molecular weight is 418 g/mol. The summed E-state index contributed by atoms with van der Waals surface area (Å²) in [5, 5.41) is 0. The van der Waals surface area contributed by atoms with Crippen LogP contribution in [-0.2, 0) is 11.3 Å². The predicted octanol–water partition coefficient (Wildman–Crippen LogP) is 3.07. The molecule has 1 aromatic heterocycles. The number of hydrogen-bond donors (Lipinski definition) is 0. The van der Waals surface area contributed by atoms with Gasteiger partial charge in [-0.2, -0.15) is 0 Å². The van der Waals surface area contributed by atoms with Crippen molar-refractivity contribution in [3.05, 3.63) is 82.7 Å². The summed E-state index contributed by atoms with van der Waals surface area (Å²) >= 11 is 0. The van der Waals surface area contributed by atoms with E-state index in [2.05, 4.69) is 23.0 Å². The molecule has 1 aliphatic rings. The summed E-state index contributed by atoms with van der Waals surface area (Å²) in [7, 11) is -0.403. The first-order valence-electron chi connectivity index (χ1n) is 9.80. The summed E-state index contributed by atoms with van der Waals surface area (Å²) in [6.45, 7) is 4.30. The summed E-state index contributed by atoms with van der Waals surface area (Å²) in [6.07, 6.45) is 1.59. The number of esters is 1. The largest absolute Gasteiger partial charge is 0.461 e. The number of carbonyl (C=O) groups is 1. The number of aromatic nitrogens is 2. The SMILES string of the molecule is CCOC(=O)c1ncn2c1CN=C(c1ccccc1F)c1cc(C#C[SiH2]C)ccc1-2. The van der Waals surface area contributed by atoms with Gasteiger partial charge in [-0.25, -0.2) is 14.2 Å². The fourth-order valence-electron chi connectivity index (χ4n) is 3.43. The Morgan fingerprint density at radius 3 is 2.87 bits per heavy atom. The predicted molar refractivity (Wildman–Crippen MR) is 117 cm³/mol. The highest BCUT2D eigenvalue weighted by Crippen LogP contribution is 2.28. The first-order valence-corrected chi connectivity index (χ1v) is 11.9. The van der Waals surface area contributed by atoms with E-state index in [1.165, 1.54) is 6.07 Å². The minimum absolute atomic E-state index is 0.176. The van der Waals surface area contributed by atoms with Crippen LogP contribution in [0.5, 0.6) is 0 Å². The van der Waals surface area contributed by atoms with E-state index >= 15 is 0 Å². The zero-order chi connectivity index (χ0) is 21.1. The minimum Gasteiger partial charge on any atom is -0.461 e. The molecular weight excluding hydrogens is 397 g/mol. The van der Waals surface area contributed by atoms with Gasteiger partial charge in [0, 0.05) is 16.7 Å². The van der Waals surface area contributed by atoms with Crippen molar-refractivity contribution in [3.8, 4) is 17.2 Å². The first kappa shape index (κ1) is 19.8. The summed E-state index contributed by atoms with van der Waals surface area (Å²) in [5.41, 5.74) is 7.34. The second-order valence-corrected chi connectivity index (χ2v) is 7.72. The molecule has 0 amide bonds. The van der Waals surface area contributed by atoms with Crippen LogP contribution in [0.2, 0.25) is 6.55 Å². The smallest absolute Gasteiger partial charge is 0.358 e. The highest BCUT2D eigenvalue weighted by Gasteiger charge is 2.26. The van der Waals surface area contributed by atoms with Gasteiger partial charge in [-0.05, 0) is 37.3 Å². The van der Waals surface area contributed by atoms with E-state index in [9.17, 15) is 9.18 Å². The summed E-state index contributed by atoms with van der Waals surface area (Å²) in [4.78, 5) is 21.3. The van der Waals surface area contributed by atoms with Crippen LogP contribution in [0.4, 0.5) is 4.39 Å². The highest BCUT2D eigenvalue weighted by molar-refractivity contribution is 6.44. The van der Waals surface area contributed by atoms with Crippen molar-refractivity contribution in [2.24, 2.45) is 4.99 Å². The van der Waals surface area contributed by atoms with Gasteiger partial charge in [-0.15, -0.1) is 5.54 Å². The number of fused-ring (bicyclic) bond motifs is 3. The van der Waals surface area contributed by atoms with E-state index in [1.54, 1.807) is 31.5 Å². The van der Waals surface area contributed by atoms with Crippen LogP contribution in [0.15, 0.2) is 53.8 Å². The lowest BCUT2D eigenvalue weighted by Gasteiger charge is -2.13. The molecule has 0 aliphatic carbocycles. The summed E-state index contributed by atoms with van der Waals surface area (Å²) in [5.74, 6) is 2.33. The zero-order valence-electron chi connectivity index (χ0n) is 16.8. The van der Waals surface area contributed by atoms with Gasteiger partial charge in [0.2, 0.25) is 0 Å². The Morgan fingerprint density at radius 2 is 2.10 bits per heavy atom. The van der Waals surface area contributed by atoms with Crippen LogP contribution < -0.4 is 0 Å². The summed E-state index contributed by atoms with van der Waals surface area (Å²) < 4.78 is 21.6. The minimum atomic E-state index is -0.493. The molecule has 0 unspecified atom stereocenters. The van der Waals surface area contributed by atoms with E-state index in [0.717, 1.165) is 16.8 Å². The molecule has 3 aromatic rings. The Labute approximate surface area is 176 Å². The fourth-order valence-corrected chi connectivity index (χ4v) is 3.81. The number of halogens is 1. The molecule has 0 radical (unpaired) electrons. The van der Waals surface area contributed by atoms with Crippen molar-refractivity contribution in [1.82, 2.24) is 9.55 Å². The third-order valence-electron chi connectivity index (χ3n) is 4.77. The molecule has 1 aliphatic heterocycles. The van der Waals surface area contributed by atoms with Crippen molar-refractivity contribution < 1.29 is 13.9 Å². The van der Waals surface area contributed by atoms with Crippen LogP contribution in [0.1, 0.15) is 39.8 Å². The molecule has 2 heterocycles. The number of benzene rings is 2. The van der Waals surface area contributed by atoms with Crippen molar-refractivity contribution >= 4 is 21.2 Å². The fraction of sp³-hybridized carbons (Fsp3) is 0.174. The molecule has 0 atom stereocenters. The molecule has 0 spiro atoms. The quantitative estimate of drug-likeness (QED) is 0.374. The number of nitrogens with zero attached hydrogens (tertiary/aromatic N) is 3. The molecule has 0 fully saturated rings. The van der Waals surface area contributed by atoms with Crippen molar-refractivity contribution in [1.29, 1.82) is 0 Å². The number of rotatable bonds is 3. The molecule has 150 valence electrons. The molecule has 4 rings (SSSR count). The lowest BCUT2D eigenvalue weighted by atomic mass is 9.98. The van der Waals surface area contributed by atoms with E-state index < -0.39 is 15.5 Å². The van der Waals surface area contributed by atoms with E-state index in [-0.39, 0.29) is 24.7 Å². The van der Waals surface area contributed by atoms with Crippen LogP contribution in [0.3, 0.4) is 0 Å². The van der Waals surface area contributed by atoms with Crippen molar-refractivity contribution in [2.45, 2.75) is 20.0 Å². The Morgan fingerprint density at radius 1 is 1.27 bits per heavy atom. The van der Waals surface area contributed by atoms with Crippen LogP contribution in [0.25, 0.3) is 5.69 Å². The Hall–Kier alpha value is -3.50. The Kier molecular flexibility index (Phi) is 5.59. The van der Waals surface area contributed by atoms with E-state index in [4.69, 9.17) is 9.73 Å². The molecule has 0 saturated carbocycles. The maximum Gasteiger partial charge on any atom is 0.358 e. The maximum atomic E-state index is 14.7. The number of ether oxygens (including phenoxy) is 1. The lowest BCUT2D eigenvalue weighted by molar-refractivity contribution is 0.0518. The van der Waals surface area contributed by atoms with Crippen LogP contribution in [-0.4, -0.2) is 37.4 Å². The normalized spacial score (nSPS) is 12.4. The van der Waals surface area contributed by atoms with Gasteiger partial charge < -0.3 is 4.74 Å².